The standard InChI is InChI=1S/C19H21F3N2O2.ClH/c1-2-17(23)18(25)24-12-11-13-3-5-14(6-4-13)15-7-9-16(10-8-15)26-19(20,21)22;/h3-10,17H,2,11-12,23H2,1H3,(H,24,25);1H/t17-;/m0./s1. The minimum atomic E-state index is -4.69. The molecule has 2 rings (SSSR count). The number of nitrogens with two attached hydrogens (primary N) is 1. The zero-order chi connectivity index (χ0) is 19.2. The first-order chi connectivity index (χ1) is 12.3. The summed E-state index contributed by atoms with van der Waals surface area (Å²) >= 11 is 0. The summed E-state index contributed by atoms with van der Waals surface area (Å²) in [5, 5.41) is 2.78. The Labute approximate surface area is 162 Å². The van der Waals surface area contributed by atoms with Crippen LogP contribution in [0.2, 0.25) is 0 Å². The Balaban J connectivity index is 0.00000364. The van der Waals surface area contributed by atoms with Crippen molar-refractivity contribution >= 4 is 18.3 Å². The lowest BCUT2D eigenvalue weighted by Crippen LogP contribution is -2.40. The SMILES string of the molecule is CC[C@H](N)C(=O)NCCc1ccc(-c2ccc(OC(F)(F)F)cc2)cc1.Cl. The summed E-state index contributed by atoms with van der Waals surface area (Å²) in [6.07, 6.45) is -3.44. The smallest absolute Gasteiger partial charge is 0.406 e. The molecule has 2 aromatic carbocycles. The number of carbonyl (C=O) groups is 1. The lowest BCUT2D eigenvalue weighted by molar-refractivity contribution is -0.274. The van der Waals surface area contributed by atoms with Crippen molar-refractivity contribution in [3.8, 4) is 16.9 Å². The monoisotopic (exact) mass is 402 g/mol. The maximum absolute atomic E-state index is 12.2. The van der Waals surface area contributed by atoms with Gasteiger partial charge in [0.25, 0.3) is 0 Å². The average molecular weight is 403 g/mol. The average Bonchev–Trinajstić information content (AvgIpc) is 2.61. The summed E-state index contributed by atoms with van der Waals surface area (Å²) in [6, 6.07) is 12.8. The zero-order valence-corrected chi connectivity index (χ0v) is 15.6. The number of ether oxygens (including phenoxy) is 1. The van der Waals surface area contributed by atoms with E-state index < -0.39 is 12.4 Å². The predicted molar refractivity (Wildman–Crippen MR) is 101 cm³/mol. The molecule has 2 aromatic rings. The van der Waals surface area contributed by atoms with Crippen molar-refractivity contribution in [1.82, 2.24) is 5.32 Å². The number of halogens is 4. The Morgan fingerprint density at radius 1 is 1.07 bits per heavy atom. The van der Waals surface area contributed by atoms with Gasteiger partial charge in [-0.3, -0.25) is 4.79 Å². The Hall–Kier alpha value is -2.25. The number of rotatable bonds is 7. The third-order valence-electron chi connectivity index (χ3n) is 3.86. The fourth-order valence-corrected chi connectivity index (χ4v) is 2.36. The molecule has 148 valence electrons. The largest absolute Gasteiger partial charge is 0.573 e. The van der Waals surface area contributed by atoms with Gasteiger partial charge in [-0.05, 0) is 41.7 Å². The zero-order valence-electron chi connectivity index (χ0n) is 14.8. The van der Waals surface area contributed by atoms with Crippen LogP contribution in [0, 0.1) is 0 Å². The van der Waals surface area contributed by atoms with Crippen LogP contribution >= 0.6 is 12.4 Å². The first-order valence-electron chi connectivity index (χ1n) is 8.27. The van der Waals surface area contributed by atoms with E-state index in [9.17, 15) is 18.0 Å². The normalized spacial score (nSPS) is 12.0. The number of nitrogens with one attached hydrogen (secondary N) is 1. The van der Waals surface area contributed by atoms with Gasteiger partial charge in [0, 0.05) is 6.54 Å². The minimum absolute atomic E-state index is 0. The van der Waals surface area contributed by atoms with Crippen LogP contribution in [-0.4, -0.2) is 24.9 Å². The molecule has 0 saturated carbocycles. The van der Waals surface area contributed by atoms with Crippen molar-refractivity contribution in [3.05, 3.63) is 54.1 Å². The topological polar surface area (TPSA) is 64.4 Å². The van der Waals surface area contributed by atoms with Gasteiger partial charge < -0.3 is 15.8 Å². The van der Waals surface area contributed by atoms with Crippen molar-refractivity contribution in [1.29, 1.82) is 0 Å². The lowest BCUT2D eigenvalue weighted by atomic mass is 10.0. The van der Waals surface area contributed by atoms with Gasteiger partial charge in [0.2, 0.25) is 5.91 Å². The Morgan fingerprint density at radius 2 is 1.59 bits per heavy atom. The van der Waals surface area contributed by atoms with E-state index in [4.69, 9.17) is 5.73 Å². The number of carbonyl (C=O) groups excluding carboxylic acids is 1. The number of benzene rings is 2. The fourth-order valence-electron chi connectivity index (χ4n) is 2.36. The van der Waals surface area contributed by atoms with Gasteiger partial charge in [-0.15, -0.1) is 25.6 Å². The maximum atomic E-state index is 12.2. The van der Waals surface area contributed by atoms with Gasteiger partial charge >= 0.3 is 6.36 Å². The van der Waals surface area contributed by atoms with E-state index in [-0.39, 0.29) is 24.1 Å². The summed E-state index contributed by atoms with van der Waals surface area (Å²) in [6.45, 7) is 2.35. The van der Waals surface area contributed by atoms with E-state index in [0.29, 0.717) is 19.4 Å². The molecule has 1 amide bonds. The molecule has 0 aliphatic heterocycles. The Bertz CT molecular complexity index is 719. The van der Waals surface area contributed by atoms with E-state index in [0.717, 1.165) is 16.7 Å². The number of hydrogen-bond acceptors (Lipinski definition) is 3. The van der Waals surface area contributed by atoms with Crippen LogP contribution in [0.1, 0.15) is 18.9 Å². The summed E-state index contributed by atoms with van der Waals surface area (Å²) < 4.78 is 40.4. The second kappa shape index (κ2) is 10.2. The van der Waals surface area contributed by atoms with E-state index in [1.165, 1.54) is 12.1 Å². The second-order valence-electron chi connectivity index (χ2n) is 5.82. The third kappa shape index (κ3) is 7.48. The molecule has 27 heavy (non-hydrogen) atoms. The summed E-state index contributed by atoms with van der Waals surface area (Å²) in [4.78, 5) is 11.6. The molecule has 0 spiro atoms. The van der Waals surface area contributed by atoms with E-state index in [1.807, 2.05) is 31.2 Å². The van der Waals surface area contributed by atoms with Crippen LogP contribution in [0.25, 0.3) is 11.1 Å². The Morgan fingerprint density at radius 3 is 2.07 bits per heavy atom. The van der Waals surface area contributed by atoms with Crippen LogP contribution in [0.15, 0.2) is 48.5 Å². The first kappa shape index (κ1) is 22.8. The first-order valence-corrected chi connectivity index (χ1v) is 8.27. The summed E-state index contributed by atoms with van der Waals surface area (Å²) in [5.74, 6) is -0.413. The van der Waals surface area contributed by atoms with Crippen LogP contribution in [0.3, 0.4) is 0 Å². The number of amides is 1. The molecule has 4 nitrogen and oxygen atoms in total. The molecular formula is C19H22ClF3N2O2. The maximum Gasteiger partial charge on any atom is 0.573 e. The molecule has 0 fully saturated rings. The summed E-state index contributed by atoms with van der Waals surface area (Å²) in [7, 11) is 0. The molecule has 0 bridgehead atoms. The molecule has 8 heteroatoms. The van der Waals surface area contributed by atoms with Crippen molar-refractivity contribution in [2.24, 2.45) is 5.73 Å². The van der Waals surface area contributed by atoms with Gasteiger partial charge in [0.15, 0.2) is 0 Å². The molecule has 0 saturated heterocycles. The number of alkyl halides is 3. The van der Waals surface area contributed by atoms with Gasteiger partial charge in [-0.25, -0.2) is 0 Å². The molecule has 0 heterocycles. The van der Waals surface area contributed by atoms with E-state index in [2.05, 4.69) is 10.1 Å². The number of hydrogen-bond donors (Lipinski definition) is 2. The highest BCUT2D eigenvalue weighted by Crippen LogP contribution is 2.26. The van der Waals surface area contributed by atoms with Crippen molar-refractivity contribution in [2.75, 3.05) is 6.54 Å². The molecule has 0 aromatic heterocycles. The van der Waals surface area contributed by atoms with Crippen molar-refractivity contribution in [2.45, 2.75) is 32.2 Å². The highest BCUT2D eigenvalue weighted by atomic mass is 35.5. The van der Waals surface area contributed by atoms with Gasteiger partial charge in [-0.2, -0.15) is 0 Å². The van der Waals surface area contributed by atoms with E-state index >= 15 is 0 Å². The molecular weight excluding hydrogens is 381 g/mol. The molecule has 0 radical (unpaired) electrons. The highest BCUT2D eigenvalue weighted by molar-refractivity contribution is 5.85. The second-order valence-corrected chi connectivity index (χ2v) is 5.82. The Kier molecular flexibility index (Phi) is 8.59. The van der Waals surface area contributed by atoms with Crippen molar-refractivity contribution < 1.29 is 22.7 Å². The molecule has 3 N–H and O–H groups in total. The summed E-state index contributed by atoms with van der Waals surface area (Å²) in [5.41, 5.74) is 8.34. The molecule has 0 aliphatic carbocycles. The van der Waals surface area contributed by atoms with Gasteiger partial charge in [0.05, 0.1) is 6.04 Å². The van der Waals surface area contributed by atoms with Crippen LogP contribution in [-0.2, 0) is 11.2 Å². The van der Waals surface area contributed by atoms with Crippen LogP contribution in [0.5, 0.6) is 5.75 Å². The molecule has 0 unspecified atom stereocenters. The van der Waals surface area contributed by atoms with E-state index in [1.54, 1.807) is 12.1 Å². The fraction of sp³-hybridized carbons (Fsp3) is 0.316. The predicted octanol–water partition coefficient (Wildman–Crippen LogP) is 4.07. The lowest BCUT2D eigenvalue weighted by Gasteiger charge is -2.11. The van der Waals surface area contributed by atoms with Gasteiger partial charge in [0.1, 0.15) is 5.75 Å². The molecule has 0 aliphatic rings. The van der Waals surface area contributed by atoms with Crippen molar-refractivity contribution in [3.63, 3.8) is 0 Å². The quantitative estimate of drug-likeness (QED) is 0.733. The highest BCUT2D eigenvalue weighted by Gasteiger charge is 2.30. The van der Waals surface area contributed by atoms with Gasteiger partial charge in [-0.1, -0.05) is 43.3 Å². The molecule has 1 atom stereocenters. The minimum Gasteiger partial charge on any atom is -0.406 e. The van der Waals surface area contributed by atoms with Crippen LogP contribution in [0.4, 0.5) is 13.2 Å². The third-order valence-corrected chi connectivity index (χ3v) is 3.86. The van der Waals surface area contributed by atoms with Crippen LogP contribution < -0.4 is 15.8 Å².